The Morgan fingerprint density at radius 1 is 1.14 bits per heavy atom. The number of aliphatic imine (C=N–C) groups is 1. The average Bonchev–Trinajstić information content (AvgIpc) is 2.72. The van der Waals surface area contributed by atoms with Crippen LogP contribution in [0.3, 0.4) is 0 Å². The van der Waals surface area contributed by atoms with Crippen LogP contribution in [0, 0.1) is 5.92 Å². The standard InChI is InChI=1S/C22H37N5O.HI/c1-5-23-22(24-14-11-18-12-15-27(6-2)16-13-18)25-17-19-7-9-20(10-8-19)21(28)26(3)4;/h7-10,18H,5-6,11-17H2,1-4H3,(H2,23,24,25);1H. The molecule has 0 unspecified atom stereocenters. The normalized spacial score (nSPS) is 15.5. The first kappa shape index (κ1) is 25.7. The van der Waals surface area contributed by atoms with E-state index in [9.17, 15) is 4.79 Å². The Bertz CT molecular complexity index is 625. The Kier molecular flexibility index (Phi) is 12.2. The van der Waals surface area contributed by atoms with Gasteiger partial charge in [0.2, 0.25) is 0 Å². The van der Waals surface area contributed by atoms with E-state index < -0.39 is 0 Å². The van der Waals surface area contributed by atoms with Crippen LogP contribution in [0.1, 0.15) is 49.0 Å². The van der Waals surface area contributed by atoms with Crippen LogP contribution in [-0.4, -0.2) is 68.5 Å². The van der Waals surface area contributed by atoms with Crippen LogP contribution in [-0.2, 0) is 6.54 Å². The van der Waals surface area contributed by atoms with Crippen LogP contribution in [0.5, 0.6) is 0 Å². The summed E-state index contributed by atoms with van der Waals surface area (Å²) in [5.74, 6) is 1.71. The Balaban J connectivity index is 0.00000420. The summed E-state index contributed by atoms with van der Waals surface area (Å²) in [5, 5.41) is 6.79. The minimum absolute atomic E-state index is 0. The van der Waals surface area contributed by atoms with Crippen molar-refractivity contribution in [3.63, 3.8) is 0 Å². The van der Waals surface area contributed by atoms with Crippen molar-refractivity contribution in [1.82, 2.24) is 20.4 Å². The molecule has 1 aromatic carbocycles. The van der Waals surface area contributed by atoms with Crippen LogP contribution in [0.2, 0.25) is 0 Å². The first-order valence-corrected chi connectivity index (χ1v) is 10.6. The minimum atomic E-state index is 0. The number of hydrogen-bond donors (Lipinski definition) is 2. The van der Waals surface area contributed by atoms with Crippen LogP contribution >= 0.6 is 24.0 Å². The molecule has 0 aromatic heterocycles. The molecule has 1 fully saturated rings. The minimum Gasteiger partial charge on any atom is -0.357 e. The molecule has 1 aliphatic heterocycles. The smallest absolute Gasteiger partial charge is 0.253 e. The number of rotatable bonds is 8. The van der Waals surface area contributed by atoms with Gasteiger partial charge in [-0.1, -0.05) is 19.1 Å². The van der Waals surface area contributed by atoms with Crippen LogP contribution in [0.25, 0.3) is 0 Å². The number of halogens is 1. The lowest BCUT2D eigenvalue weighted by atomic mass is 9.93. The summed E-state index contributed by atoms with van der Waals surface area (Å²) in [6, 6.07) is 7.70. The highest BCUT2D eigenvalue weighted by atomic mass is 127. The van der Waals surface area contributed by atoms with Gasteiger partial charge in [0.05, 0.1) is 6.54 Å². The number of piperidine rings is 1. The van der Waals surface area contributed by atoms with Gasteiger partial charge in [-0.25, -0.2) is 4.99 Å². The van der Waals surface area contributed by atoms with Gasteiger partial charge in [0.15, 0.2) is 5.96 Å². The maximum atomic E-state index is 12.0. The summed E-state index contributed by atoms with van der Waals surface area (Å²) in [7, 11) is 3.53. The first-order chi connectivity index (χ1) is 13.5. The molecule has 0 saturated carbocycles. The fourth-order valence-electron chi connectivity index (χ4n) is 3.51. The predicted molar refractivity (Wildman–Crippen MR) is 132 cm³/mol. The van der Waals surface area contributed by atoms with E-state index in [-0.39, 0.29) is 29.9 Å². The molecule has 2 N–H and O–H groups in total. The van der Waals surface area contributed by atoms with E-state index in [1.807, 2.05) is 24.3 Å². The maximum absolute atomic E-state index is 12.0. The summed E-state index contributed by atoms with van der Waals surface area (Å²) < 4.78 is 0. The lowest BCUT2D eigenvalue weighted by molar-refractivity contribution is 0.0827. The molecule has 7 heteroatoms. The molecule has 0 bridgehead atoms. The Labute approximate surface area is 193 Å². The lowest BCUT2D eigenvalue weighted by Gasteiger charge is -2.31. The SMILES string of the molecule is CCNC(=NCc1ccc(C(=O)N(C)C)cc1)NCCC1CCN(CC)CC1.I. The summed E-state index contributed by atoms with van der Waals surface area (Å²) >= 11 is 0. The highest BCUT2D eigenvalue weighted by molar-refractivity contribution is 14.0. The molecule has 1 saturated heterocycles. The zero-order chi connectivity index (χ0) is 20.4. The number of likely N-dealkylation sites (tertiary alicyclic amines) is 1. The van der Waals surface area contributed by atoms with Crippen LogP contribution < -0.4 is 10.6 Å². The second kappa shape index (κ2) is 13.8. The molecule has 1 aliphatic rings. The first-order valence-electron chi connectivity index (χ1n) is 10.6. The number of guanidine groups is 1. The number of carbonyl (C=O) groups excluding carboxylic acids is 1. The lowest BCUT2D eigenvalue weighted by Crippen LogP contribution is -2.39. The Morgan fingerprint density at radius 2 is 1.79 bits per heavy atom. The molecular weight excluding hydrogens is 477 g/mol. The third kappa shape index (κ3) is 8.90. The zero-order valence-corrected chi connectivity index (χ0v) is 20.7. The van der Waals surface area contributed by atoms with Crippen LogP contribution in [0.4, 0.5) is 0 Å². The van der Waals surface area contributed by atoms with Crippen LogP contribution in [0.15, 0.2) is 29.3 Å². The number of benzene rings is 1. The van der Waals surface area contributed by atoms with E-state index in [0.717, 1.165) is 30.5 Å². The van der Waals surface area contributed by atoms with Gasteiger partial charge >= 0.3 is 0 Å². The summed E-state index contributed by atoms with van der Waals surface area (Å²) in [6.07, 6.45) is 3.81. The molecule has 1 amide bonds. The van der Waals surface area contributed by atoms with Crippen molar-refractivity contribution in [3.05, 3.63) is 35.4 Å². The van der Waals surface area contributed by atoms with E-state index >= 15 is 0 Å². The number of carbonyl (C=O) groups is 1. The fourth-order valence-corrected chi connectivity index (χ4v) is 3.51. The maximum Gasteiger partial charge on any atom is 0.253 e. The van der Waals surface area contributed by atoms with E-state index in [1.165, 1.54) is 38.9 Å². The van der Waals surface area contributed by atoms with Gasteiger partial charge in [-0.05, 0) is 69.4 Å². The number of hydrogen-bond acceptors (Lipinski definition) is 3. The van der Waals surface area contributed by atoms with Crippen molar-refractivity contribution in [1.29, 1.82) is 0 Å². The number of amides is 1. The second-order valence-electron chi connectivity index (χ2n) is 7.68. The third-order valence-electron chi connectivity index (χ3n) is 5.37. The molecular formula is C22H38IN5O. The van der Waals surface area contributed by atoms with Crippen molar-refractivity contribution in [2.75, 3.05) is 46.8 Å². The average molecular weight is 515 g/mol. The van der Waals surface area contributed by atoms with E-state index in [1.54, 1.807) is 19.0 Å². The van der Waals surface area contributed by atoms with Gasteiger partial charge in [-0.15, -0.1) is 24.0 Å². The number of nitrogens with one attached hydrogen (secondary N) is 2. The fraction of sp³-hybridized carbons (Fsp3) is 0.636. The molecule has 0 aliphatic carbocycles. The van der Waals surface area contributed by atoms with Gasteiger partial charge in [0.1, 0.15) is 0 Å². The molecule has 0 spiro atoms. The van der Waals surface area contributed by atoms with Crippen molar-refractivity contribution < 1.29 is 4.79 Å². The Hall–Kier alpha value is -1.35. The van der Waals surface area contributed by atoms with Gasteiger partial charge in [-0.3, -0.25) is 4.79 Å². The largest absolute Gasteiger partial charge is 0.357 e. The summed E-state index contributed by atoms with van der Waals surface area (Å²) in [6.45, 7) is 10.4. The summed E-state index contributed by atoms with van der Waals surface area (Å²) in [4.78, 5) is 20.8. The van der Waals surface area contributed by atoms with Gasteiger partial charge in [-0.2, -0.15) is 0 Å². The highest BCUT2D eigenvalue weighted by Crippen LogP contribution is 2.19. The molecule has 1 aromatic rings. The molecule has 0 radical (unpaired) electrons. The highest BCUT2D eigenvalue weighted by Gasteiger charge is 2.17. The van der Waals surface area contributed by atoms with Gasteiger partial charge < -0.3 is 20.4 Å². The molecule has 6 nitrogen and oxygen atoms in total. The number of nitrogens with zero attached hydrogens (tertiary/aromatic N) is 3. The van der Waals surface area contributed by atoms with E-state index in [2.05, 4.69) is 29.4 Å². The zero-order valence-electron chi connectivity index (χ0n) is 18.4. The van der Waals surface area contributed by atoms with Crippen molar-refractivity contribution in [2.24, 2.45) is 10.9 Å². The monoisotopic (exact) mass is 515 g/mol. The molecule has 1 heterocycles. The van der Waals surface area contributed by atoms with Crippen molar-refractivity contribution >= 4 is 35.8 Å². The van der Waals surface area contributed by atoms with Crippen molar-refractivity contribution in [2.45, 2.75) is 39.7 Å². The third-order valence-corrected chi connectivity index (χ3v) is 5.37. The Morgan fingerprint density at radius 3 is 2.34 bits per heavy atom. The predicted octanol–water partition coefficient (Wildman–Crippen LogP) is 3.18. The molecule has 164 valence electrons. The van der Waals surface area contributed by atoms with Gasteiger partial charge in [0.25, 0.3) is 5.91 Å². The molecule has 2 rings (SSSR count). The van der Waals surface area contributed by atoms with Gasteiger partial charge in [0, 0.05) is 32.7 Å². The topological polar surface area (TPSA) is 60.0 Å². The quantitative estimate of drug-likeness (QED) is 0.317. The molecule has 29 heavy (non-hydrogen) atoms. The second-order valence-corrected chi connectivity index (χ2v) is 7.68. The van der Waals surface area contributed by atoms with E-state index in [0.29, 0.717) is 12.1 Å². The summed E-state index contributed by atoms with van der Waals surface area (Å²) in [5.41, 5.74) is 1.80. The van der Waals surface area contributed by atoms with E-state index in [4.69, 9.17) is 4.99 Å². The van der Waals surface area contributed by atoms with Crippen molar-refractivity contribution in [3.8, 4) is 0 Å². The molecule has 0 atom stereocenters.